The summed E-state index contributed by atoms with van der Waals surface area (Å²) in [6.45, 7) is 3.07. The predicted octanol–water partition coefficient (Wildman–Crippen LogP) is 1.71. The van der Waals surface area contributed by atoms with Gasteiger partial charge in [-0.1, -0.05) is 12.1 Å². The number of hydrogen-bond donors (Lipinski definition) is 1. The zero-order valence-electron chi connectivity index (χ0n) is 11.6. The first kappa shape index (κ1) is 14.5. The number of aryl methyl sites for hydroxylation is 1. The van der Waals surface area contributed by atoms with Gasteiger partial charge in [0.25, 0.3) is 0 Å². The van der Waals surface area contributed by atoms with Crippen molar-refractivity contribution in [2.75, 3.05) is 32.7 Å². The maximum absolute atomic E-state index is 11.5. The molecule has 1 aromatic rings. The molecule has 0 unspecified atom stereocenters. The van der Waals surface area contributed by atoms with Gasteiger partial charge in [0.1, 0.15) is 0 Å². The fourth-order valence-electron chi connectivity index (χ4n) is 1.72. The molecule has 0 aromatic heterocycles. The number of hydrogen-bond acceptors (Lipinski definition) is 3. The third-order valence-corrected chi connectivity index (χ3v) is 2.73. The molecular weight excluding hydrogens is 228 g/mol. The maximum Gasteiger partial charge on any atom is 0.222 e. The quantitative estimate of drug-likeness (QED) is 0.835. The van der Waals surface area contributed by atoms with E-state index < -0.39 is 0 Å². The molecule has 1 amide bonds. The van der Waals surface area contributed by atoms with E-state index in [1.165, 1.54) is 5.56 Å². The van der Waals surface area contributed by atoms with E-state index in [0.717, 1.165) is 11.3 Å². The third kappa shape index (κ3) is 4.37. The Labute approximate surface area is 109 Å². The molecule has 0 spiro atoms. The predicted molar refractivity (Wildman–Crippen MR) is 73.8 cm³/mol. The highest BCUT2D eigenvalue weighted by Gasteiger charge is 2.06. The molecule has 1 rings (SSSR count). The maximum atomic E-state index is 11.5. The summed E-state index contributed by atoms with van der Waals surface area (Å²) in [5.41, 5.74) is 3.48. The topological polar surface area (TPSA) is 41.6 Å². The van der Waals surface area contributed by atoms with Gasteiger partial charge in [0.2, 0.25) is 5.91 Å². The van der Waals surface area contributed by atoms with E-state index in [9.17, 15) is 4.79 Å². The first-order chi connectivity index (χ1) is 8.54. The highest BCUT2D eigenvalue weighted by Crippen LogP contribution is 2.20. The van der Waals surface area contributed by atoms with E-state index in [0.29, 0.717) is 19.6 Å². The second-order valence-electron chi connectivity index (χ2n) is 4.55. The second-order valence-corrected chi connectivity index (χ2v) is 4.55. The van der Waals surface area contributed by atoms with Crippen molar-refractivity contribution in [2.24, 2.45) is 0 Å². The Morgan fingerprint density at radius 3 is 2.72 bits per heavy atom. The number of benzene rings is 1. The summed E-state index contributed by atoms with van der Waals surface area (Å²) in [7, 11) is 5.60. The van der Waals surface area contributed by atoms with E-state index in [2.05, 4.69) is 35.3 Å². The molecule has 0 heterocycles. The standard InChI is InChI=1S/C14H22N2O2/c1-11-5-6-12(13(9-11)16(2)3)10-15-14(17)7-8-18-4/h5-6,9H,7-8,10H2,1-4H3,(H,15,17). The fourth-order valence-corrected chi connectivity index (χ4v) is 1.72. The van der Waals surface area contributed by atoms with Crippen molar-refractivity contribution in [2.45, 2.75) is 19.9 Å². The van der Waals surface area contributed by atoms with E-state index in [-0.39, 0.29) is 5.91 Å². The van der Waals surface area contributed by atoms with Crippen molar-refractivity contribution in [1.29, 1.82) is 0 Å². The normalized spacial score (nSPS) is 10.2. The Balaban J connectivity index is 2.64. The molecule has 4 nitrogen and oxygen atoms in total. The first-order valence-corrected chi connectivity index (χ1v) is 6.07. The summed E-state index contributed by atoms with van der Waals surface area (Å²) in [6, 6.07) is 6.24. The number of anilines is 1. The molecule has 0 fully saturated rings. The van der Waals surface area contributed by atoms with Gasteiger partial charge in [-0.15, -0.1) is 0 Å². The number of rotatable bonds is 6. The zero-order chi connectivity index (χ0) is 13.5. The fraction of sp³-hybridized carbons (Fsp3) is 0.500. The van der Waals surface area contributed by atoms with Crippen LogP contribution in [0.25, 0.3) is 0 Å². The van der Waals surface area contributed by atoms with Crippen LogP contribution in [-0.2, 0) is 16.1 Å². The number of ether oxygens (including phenoxy) is 1. The molecule has 0 aliphatic carbocycles. The Kier molecular flexibility index (Phi) is 5.65. The van der Waals surface area contributed by atoms with E-state index >= 15 is 0 Å². The minimum Gasteiger partial charge on any atom is -0.384 e. The summed E-state index contributed by atoms with van der Waals surface area (Å²) in [5, 5.41) is 2.90. The number of carbonyl (C=O) groups excluding carboxylic acids is 1. The van der Waals surface area contributed by atoms with E-state index in [4.69, 9.17) is 4.74 Å². The van der Waals surface area contributed by atoms with E-state index in [1.807, 2.05) is 14.1 Å². The van der Waals surface area contributed by atoms with Crippen LogP contribution in [0.4, 0.5) is 5.69 Å². The zero-order valence-corrected chi connectivity index (χ0v) is 11.6. The van der Waals surface area contributed by atoms with Gasteiger partial charge in [-0.2, -0.15) is 0 Å². The first-order valence-electron chi connectivity index (χ1n) is 6.07. The van der Waals surface area contributed by atoms with Crippen LogP contribution in [0.1, 0.15) is 17.5 Å². The lowest BCUT2D eigenvalue weighted by Gasteiger charge is -2.18. The molecule has 1 N–H and O–H groups in total. The molecular formula is C14H22N2O2. The van der Waals surface area contributed by atoms with Gasteiger partial charge in [0, 0.05) is 39.9 Å². The van der Waals surface area contributed by atoms with Crippen molar-refractivity contribution >= 4 is 11.6 Å². The number of carbonyl (C=O) groups is 1. The molecule has 18 heavy (non-hydrogen) atoms. The lowest BCUT2D eigenvalue weighted by Crippen LogP contribution is -2.25. The highest BCUT2D eigenvalue weighted by molar-refractivity contribution is 5.76. The summed E-state index contributed by atoms with van der Waals surface area (Å²) in [4.78, 5) is 13.6. The Morgan fingerprint density at radius 2 is 2.11 bits per heavy atom. The Morgan fingerprint density at radius 1 is 1.39 bits per heavy atom. The molecule has 0 aliphatic rings. The van der Waals surface area contributed by atoms with Gasteiger partial charge in [-0.25, -0.2) is 0 Å². The smallest absolute Gasteiger partial charge is 0.222 e. The molecule has 0 saturated carbocycles. The molecule has 0 bridgehead atoms. The van der Waals surface area contributed by atoms with Crippen LogP contribution in [0.3, 0.4) is 0 Å². The average molecular weight is 250 g/mol. The molecule has 0 atom stereocenters. The van der Waals surface area contributed by atoms with Crippen LogP contribution in [0, 0.1) is 6.92 Å². The van der Waals surface area contributed by atoms with Crippen molar-refractivity contribution < 1.29 is 9.53 Å². The van der Waals surface area contributed by atoms with Crippen LogP contribution < -0.4 is 10.2 Å². The lowest BCUT2D eigenvalue weighted by atomic mass is 10.1. The van der Waals surface area contributed by atoms with Crippen molar-refractivity contribution in [3.63, 3.8) is 0 Å². The molecule has 0 aliphatic heterocycles. The summed E-state index contributed by atoms with van der Waals surface area (Å²) in [5.74, 6) is 0.0159. The van der Waals surface area contributed by atoms with Crippen molar-refractivity contribution in [3.8, 4) is 0 Å². The lowest BCUT2D eigenvalue weighted by molar-refractivity contribution is -0.122. The third-order valence-electron chi connectivity index (χ3n) is 2.73. The van der Waals surface area contributed by atoms with Crippen LogP contribution in [0.15, 0.2) is 18.2 Å². The van der Waals surface area contributed by atoms with Crippen LogP contribution >= 0.6 is 0 Å². The van der Waals surface area contributed by atoms with Gasteiger partial charge in [0.05, 0.1) is 6.61 Å². The molecule has 4 heteroatoms. The number of methoxy groups -OCH3 is 1. The minimum atomic E-state index is 0.0159. The summed E-state index contributed by atoms with van der Waals surface area (Å²) in [6.07, 6.45) is 0.402. The van der Waals surface area contributed by atoms with Crippen LogP contribution in [0.5, 0.6) is 0 Å². The van der Waals surface area contributed by atoms with Gasteiger partial charge in [-0.3, -0.25) is 4.79 Å². The average Bonchev–Trinajstić information content (AvgIpc) is 2.34. The largest absolute Gasteiger partial charge is 0.384 e. The van der Waals surface area contributed by atoms with E-state index in [1.54, 1.807) is 7.11 Å². The SMILES string of the molecule is COCCC(=O)NCc1ccc(C)cc1N(C)C. The highest BCUT2D eigenvalue weighted by atomic mass is 16.5. The van der Waals surface area contributed by atoms with Gasteiger partial charge in [0.15, 0.2) is 0 Å². The number of amides is 1. The molecule has 1 aromatic carbocycles. The van der Waals surface area contributed by atoms with Gasteiger partial charge in [-0.05, 0) is 24.1 Å². The number of nitrogens with one attached hydrogen (secondary N) is 1. The minimum absolute atomic E-state index is 0.0159. The van der Waals surface area contributed by atoms with Crippen molar-refractivity contribution in [3.05, 3.63) is 29.3 Å². The van der Waals surface area contributed by atoms with Crippen molar-refractivity contribution in [1.82, 2.24) is 5.32 Å². The summed E-state index contributed by atoms with van der Waals surface area (Å²) >= 11 is 0. The molecule has 0 radical (unpaired) electrons. The van der Waals surface area contributed by atoms with Crippen LogP contribution in [0.2, 0.25) is 0 Å². The summed E-state index contributed by atoms with van der Waals surface area (Å²) < 4.78 is 4.87. The Hall–Kier alpha value is -1.55. The van der Waals surface area contributed by atoms with Crippen LogP contribution in [-0.4, -0.2) is 33.7 Å². The number of nitrogens with zero attached hydrogens (tertiary/aromatic N) is 1. The molecule has 100 valence electrons. The molecule has 0 saturated heterocycles. The second kappa shape index (κ2) is 7.01. The van der Waals surface area contributed by atoms with Gasteiger partial charge < -0.3 is 15.0 Å². The monoisotopic (exact) mass is 250 g/mol. The van der Waals surface area contributed by atoms with Gasteiger partial charge >= 0.3 is 0 Å². The Bertz CT molecular complexity index is 403.